The van der Waals surface area contributed by atoms with Gasteiger partial charge >= 0.3 is 0 Å². The SMILES string of the molecule is CCC(C)C(C)N1CC(C2CCCCC2)NCC1C. The molecule has 4 unspecified atom stereocenters. The molecule has 0 bridgehead atoms. The molecule has 4 atom stereocenters. The van der Waals surface area contributed by atoms with Gasteiger partial charge in [-0.05, 0) is 38.5 Å². The normalized spacial score (nSPS) is 34.1. The molecule has 2 fully saturated rings. The van der Waals surface area contributed by atoms with Crippen molar-refractivity contribution < 1.29 is 0 Å². The van der Waals surface area contributed by atoms with Crippen molar-refractivity contribution in [2.75, 3.05) is 13.1 Å². The Kier molecular flexibility index (Phi) is 5.70. The summed E-state index contributed by atoms with van der Waals surface area (Å²) >= 11 is 0. The maximum Gasteiger partial charge on any atom is 0.0224 e. The summed E-state index contributed by atoms with van der Waals surface area (Å²) in [6.45, 7) is 12.0. The molecule has 0 aromatic rings. The third-order valence-electron chi connectivity index (χ3n) is 5.86. The summed E-state index contributed by atoms with van der Waals surface area (Å²) in [6, 6.07) is 2.18. The zero-order chi connectivity index (χ0) is 13.8. The monoisotopic (exact) mass is 266 g/mol. The van der Waals surface area contributed by atoms with E-state index in [0.717, 1.165) is 23.9 Å². The average Bonchev–Trinajstić information content (AvgIpc) is 2.47. The van der Waals surface area contributed by atoms with E-state index in [1.54, 1.807) is 0 Å². The lowest BCUT2D eigenvalue weighted by molar-refractivity contribution is 0.0505. The molecule has 1 heterocycles. The minimum absolute atomic E-state index is 0.698. The smallest absolute Gasteiger partial charge is 0.0224 e. The zero-order valence-electron chi connectivity index (χ0n) is 13.5. The third-order valence-corrected chi connectivity index (χ3v) is 5.86. The molecule has 1 aliphatic carbocycles. The van der Waals surface area contributed by atoms with Crippen molar-refractivity contribution >= 4 is 0 Å². The van der Waals surface area contributed by atoms with Crippen molar-refractivity contribution in [3.05, 3.63) is 0 Å². The zero-order valence-corrected chi connectivity index (χ0v) is 13.5. The van der Waals surface area contributed by atoms with Crippen LogP contribution in [0.1, 0.15) is 66.2 Å². The molecule has 1 N–H and O–H groups in total. The first-order valence-corrected chi connectivity index (χ1v) is 8.62. The van der Waals surface area contributed by atoms with Gasteiger partial charge in [-0.1, -0.05) is 39.5 Å². The molecule has 0 amide bonds. The van der Waals surface area contributed by atoms with Crippen LogP contribution in [0.4, 0.5) is 0 Å². The van der Waals surface area contributed by atoms with Crippen LogP contribution in [0.2, 0.25) is 0 Å². The van der Waals surface area contributed by atoms with E-state index in [1.165, 1.54) is 51.6 Å². The van der Waals surface area contributed by atoms with Crippen molar-refractivity contribution in [2.45, 2.75) is 84.3 Å². The molecule has 0 spiro atoms. The molecule has 2 nitrogen and oxygen atoms in total. The van der Waals surface area contributed by atoms with Crippen LogP contribution < -0.4 is 5.32 Å². The highest BCUT2D eigenvalue weighted by atomic mass is 15.3. The van der Waals surface area contributed by atoms with E-state index in [1.807, 2.05) is 0 Å². The van der Waals surface area contributed by atoms with Crippen LogP contribution in [0.3, 0.4) is 0 Å². The molecule has 0 aromatic carbocycles. The van der Waals surface area contributed by atoms with Crippen LogP contribution in [-0.4, -0.2) is 36.1 Å². The summed E-state index contributed by atoms with van der Waals surface area (Å²) in [6.07, 6.45) is 8.59. The molecule has 0 aromatic heterocycles. The van der Waals surface area contributed by atoms with E-state index < -0.39 is 0 Å². The highest BCUT2D eigenvalue weighted by Gasteiger charge is 2.34. The van der Waals surface area contributed by atoms with E-state index in [9.17, 15) is 0 Å². The van der Waals surface area contributed by atoms with Crippen LogP contribution in [0.25, 0.3) is 0 Å². The number of hydrogen-bond acceptors (Lipinski definition) is 2. The molecular weight excluding hydrogens is 232 g/mol. The van der Waals surface area contributed by atoms with Crippen molar-refractivity contribution in [1.82, 2.24) is 10.2 Å². The van der Waals surface area contributed by atoms with Crippen LogP contribution in [0.15, 0.2) is 0 Å². The molecule has 0 radical (unpaired) electrons. The molecule has 1 saturated heterocycles. The summed E-state index contributed by atoms with van der Waals surface area (Å²) in [4.78, 5) is 2.78. The van der Waals surface area contributed by atoms with Gasteiger partial charge in [0.2, 0.25) is 0 Å². The second-order valence-electron chi connectivity index (χ2n) is 7.08. The standard InChI is InChI=1S/C17H34N2/c1-5-13(2)15(4)19-12-17(18-11-14(19)3)16-9-7-6-8-10-16/h13-18H,5-12H2,1-4H3. The Morgan fingerprint density at radius 2 is 1.84 bits per heavy atom. The van der Waals surface area contributed by atoms with E-state index in [4.69, 9.17) is 0 Å². The largest absolute Gasteiger partial charge is 0.311 e. The average molecular weight is 266 g/mol. The van der Waals surface area contributed by atoms with Crippen molar-refractivity contribution in [3.63, 3.8) is 0 Å². The van der Waals surface area contributed by atoms with Gasteiger partial charge in [0, 0.05) is 31.2 Å². The van der Waals surface area contributed by atoms with Gasteiger partial charge in [0.1, 0.15) is 0 Å². The van der Waals surface area contributed by atoms with Crippen LogP contribution >= 0.6 is 0 Å². The molecule has 1 saturated carbocycles. The van der Waals surface area contributed by atoms with Gasteiger partial charge in [0.15, 0.2) is 0 Å². The summed E-state index contributed by atoms with van der Waals surface area (Å²) < 4.78 is 0. The first-order valence-electron chi connectivity index (χ1n) is 8.62. The lowest BCUT2D eigenvalue weighted by Gasteiger charge is -2.46. The lowest BCUT2D eigenvalue weighted by Crippen LogP contribution is -2.61. The van der Waals surface area contributed by atoms with Crippen LogP contribution in [0, 0.1) is 11.8 Å². The van der Waals surface area contributed by atoms with Crippen molar-refractivity contribution in [3.8, 4) is 0 Å². The maximum absolute atomic E-state index is 3.84. The Labute approximate surface area is 120 Å². The molecule has 1 aliphatic heterocycles. The number of nitrogens with zero attached hydrogens (tertiary/aromatic N) is 1. The van der Waals surface area contributed by atoms with Gasteiger partial charge in [-0.3, -0.25) is 4.90 Å². The predicted molar refractivity (Wildman–Crippen MR) is 83.5 cm³/mol. The van der Waals surface area contributed by atoms with E-state index in [-0.39, 0.29) is 0 Å². The topological polar surface area (TPSA) is 15.3 Å². The molecule has 112 valence electrons. The first-order chi connectivity index (χ1) is 9.13. The van der Waals surface area contributed by atoms with Gasteiger partial charge in [-0.15, -0.1) is 0 Å². The van der Waals surface area contributed by atoms with Crippen LogP contribution in [0.5, 0.6) is 0 Å². The van der Waals surface area contributed by atoms with Crippen molar-refractivity contribution in [2.24, 2.45) is 11.8 Å². The van der Waals surface area contributed by atoms with Gasteiger partial charge in [-0.25, -0.2) is 0 Å². The molecule has 2 aliphatic rings. The predicted octanol–water partition coefficient (Wildman–Crippen LogP) is 3.66. The highest BCUT2D eigenvalue weighted by molar-refractivity contribution is 4.91. The second-order valence-corrected chi connectivity index (χ2v) is 7.08. The van der Waals surface area contributed by atoms with E-state index in [0.29, 0.717) is 6.04 Å². The first kappa shape index (κ1) is 15.3. The fourth-order valence-corrected chi connectivity index (χ4v) is 4.00. The Morgan fingerprint density at radius 3 is 2.47 bits per heavy atom. The van der Waals surface area contributed by atoms with E-state index in [2.05, 4.69) is 37.9 Å². The maximum atomic E-state index is 3.84. The van der Waals surface area contributed by atoms with Gasteiger partial charge < -0.3 is 5.32 Å². The number of rotatable bonds is 4. The Hall–Kier alpha value is -0.0800. The summed E-state index contributed by atoms with van der Waals surface area (Å²) in [5.41, 5.74) is 0. The Bertz CT molecular complexity index is 260. The number of nitrogens with one attached hydrogen (secondary N) is 1. The highest BCUT2D eigenvalue weighted by Crippen LogP contribution is 2.29. The minimum atomic E-state index is 0.698. The van der Waals surface area contributed by atoms with Gasteiger partial charge in [0.05, 0.1) is 0 Å². The van der Waals surface area contributed by atoms with Gasteiger partial charge in [0.25, 0.3) is 0 Å². The summed E-state index contributed by atoms with van der Waals surface area (Å²) in [5.74, 6) is 1.75. The number of hydrogen-bond donors (Lipinski definition) is 1. The third kappa shape index (κ3) is 3.72. The molecule has 2 rings (SSSR count). The minimum Gasteiger partial charge on any atom is -0.311 e. The summed E-state index contributed by atoms with van der Waals surface area (Å²) in [5, 5.41) is 3.84. The van der Waals surface area contributed by atoms with Gasteiger partial charge in [-0.2, -0.15) is 0 Å². The van der Waals surface area contributed by atoms with Crippen molar-refractivity contribution in [1.29, 1.82) is 0 Å². The fourth-order valence-electron chi connectivity index (χ4n) is 4.00. The lowest BCUT2D eigenvalue weighted by atomic mass is 9.82. The fraction of sp³-hybridized carbons (Fsp3) is 1.00. The van der Waals surface area contributed by atoms with Crippen LogP contribution in [-0.2, 0) is 0 Å². The van der Waals surface area contributed by atoms with E-state index >= 15 is 0 Å². The molecular formula is C17H34N2. The molecule has 19 heavy (non-hydrogen) atoms. The second kappa shape index (κ2) is 7.08. The Balaban J connectivity index is 1.94. The number of piperazine rings is 1. The Morgan fingerprint density at radius 1 is 1.16 bits per heavy atom. The quantitative estimate of drug-likeness (QED) is 0.835. The summed E-state index contributed by atoms with van der Waals surface area (Å²) in [7, 11) is 0. The molecule has 2 heteroatoms.